The molecule has 2 aromatic carbocycles. The minimum atomic E-state index is -0.577. The second-order valence-corrected chi connectivity index (χ2v) is 10.8. The van der Waals surface area contributed by atoms with Crippen molar-refractivity contribution in [2.24, 2.45) is 5.41 Å². The molecule has 0 unspecified atom stereocenters. The minimum Gasteiger partial charge on any atom is -0.486 e. The summed E-state index contributed by atoms with van der Waals surface area (Å²) in [6.45, 7) is 8.52. The van der Waals surface area contributed by atoms with Gasteiger partial charge in [0.15, 0.2) is 5.76 Å². The molecule has 200 valence electrons. The summed E-state index contributed by atoms with van der Waals surface area (Å²) in [7, 11) is 0. The molecule has 1 atom stereocenters. The van der Waals surface area contributed by atoms with E-state index in [-0.39, 0.29) is 30.0 Å². The number of halogens is 1. The van der Waals surface area contributed by atoms with Crippen LogP contribution in [0.3, 0.4) is 0 Å². The van der Waals surface area contributed by atoms with Crippen LogP contribution in [0.25, 0.3) is 0 Å². The van der Waals surface area contributed by atoms with E-state index >= 15 is 0 Å². The third-order valence-electron chi connectivity index (χ3n) is 6.96. The van der Waals surface area contributed by atoms with E-state index in [0.29, 0.717) is 50.8 Å². The Hall–Kier alpha value is -3.65. The molecule has 0 saturated carbocycles. The number of furan rings is 1. The lowest BCUT2D eigenvalue weighted by Gasteiger charge is -2.41. The van der Waals surface area contributed by atoms with Gasteiger partial charge in [-0.15, -0.1) is 0 Å². The molecule has 5 rings (SSSR count). The number of nitrogens with zero attached hydrogens (tertiary/aromatic N) is 2. The van der Waals surface area contributed by atoms with Crippen LogP contribution < -0.4 is 4.74 Å². The molecule has 2 aliphatic heterocycles. The molecule has 3 aromatic rings. The average Bonchev–Trinajstić information content (AvgIpc) is 3.39. The van der Waals surface area contributed by atoms with Crippen molar-refractivity contribution in [1.82, 2.24) is 9.80 Å². The van der Waals surface area contributed by atoms with Gasteiger partial charge in [-0.1, -0.05) is 39.0 Å². The van der Waals surface area contributed by atoms with Crippen LogP contribution in [0.5, 0.6) is 5.75 Å². The zero-order valence-corrected chi connectivity index (χ0v) is 22.0. The Balaban J connectivity index is 1.38. The first kappa shape index (κ1) is 26.0. The number of morpholine rings is 1. The Morgan fingerprint density at radius 1 is 1.03 bits per heavy atom. The van der Waals surface area contributed by atoms with Crippen molar-refractivity contribution in [3.05, 3.63) is 88.6 Å². The molecule has 38 heavy (non-hydrogen) atoms. The number of fused-ring (bicyclic) bond motifs is 1. The highest BCUT2D eigenvalue weighted by Gasteiger charge is 2.37. The summed E-state index contributed by atoms with van der Waals surface area (Å²) < 4.78 is 31.4. The van der Waals surface area contributed by atoms with Gasteiger partial charge < -0.3 is 23.7 Å². The summed E-state index contributed by atoms with van der Waals surface area (Å²) in [5.41, 5.74) is 2.16. The lowest BCUT2D eigenvalue weighted by atomic mass is 9.85. The first-order valence-corrected chi connectivity index (χ1v) is 13.0. The van der Waals surface area contributed by atoms with Gasteiger partial charge in [-0.3, -0.25) is 9.59 Å². The van der Waals surface area contributed by atoms with Crippen LogP contribution in [0, 0.1) is 11.2 Å². The second kappa shape index (κ2) is 10.6. The van der Waals surface area contributed by atoms with Crippen LogP contribution in [0.4, 0.5) is 4.39 Å². The fraction of sp³-hybridized carbons (Fsp3) is 0.400. The van der Waals surface area contributed by atoms with E-state index in [4.69, 9.17) is 13.9 Å². The van der Waals surface area contributed by atoms with Gasteiger partial charge in [0.05, 0.1) is 19.3 Å². The van der Waals surface area contributed by atoms with Gasteiger partial charge in [0.1, 0.15) is 23.9 Å². The van der Waals surface area contributed by atoms with E-state index < -0.39 is 11.5 Å². The highest BCUT2D eigenvalue weighted by Crippen LogP contribution is 2.39. The molecule has 0 radical (unpaired) electrons. The van der Waals surface area contributed by atoms with Crippen molar-refractivity contribution in [1.29, 1.82) is 0 Å². The second-order valence-electron chi connectivity index (χ2n) is 10.8. The van der Waals surface area contributed by atoms with Gasteiger partial charge in [0.25, 0.3) is 5.91 Å². The van der Waals surface area contributed by atoms with E-state index in [9.17, 15) is 14.0 Å². The Labute approximate surface area is 222 Å². The molecule has 7 nitrogen and oxygen atoms in total. The quantitative estimate of drug-likeness (QED) is 0.474. The molecule has 1 fully saturated rings. The van der Waals surface area contributed by atoms with Gasteiger partial charge in [0.2, 0.25) is 5.91 Å². The molecule has 0 bridgehead atoms. The zero-order valence-electron chi connectivity index (χ0n) is 22.0. The van der Waals surface area contributed by atoms with E-state index in [0.717, 1.165) is 16.7 Å². The standard InChI is InChI=1S/C30H33FN2O5/c1-30(2,3)29(35)33-12-11-20-7-8-23(18-25(20)27(33)21-5-4-6-22(31)17-21)37-19-24-9-10-26(38-24)28(34)32-13-15-36-16-14-32/h4-10,17-18,27H,11-16,19H2,1-3H3/t27-/m0/s1. The van der Waals surface area contributed by atoms with Crippen molar-refractivity contribution < 1.29 is 27.9 Å². The summed E-state index contributed by atoms with van der Waals surface area (Å²) in [5.74, 6) is 0.925. The number of amides is 2. The predicted octanol–water partition coefficient (Wildman–Crippen LogP) is 4.99. The summed E-state index contributed by atoms with van der Waals surface area (Å²) in [6, 6.07) is 15.2. The van der Waals surface area contributed by atoms with E-state index in [2.05, 4.69) is 0 Å². The smallest absolute Gasteiger partial charge is 0.289 e. The Morgan fingerprint density at radius 3 is 2.55 bits per heavy atom. The molecular formula is C30H33FN2O5. The summed E-state index contributed by atoms with van der Waals surface area (Å²) >= 11 is 0. The number of benzene rings is 2. The van der Waals surface area contributed by atoms with Crippen molar-refractivity contribution in [3.8, 4) is 5.75 Å². The Bertz CT molecular complexity index is 1320. The lowest BCUT2D eigenvalue weighted by Crippen LogP contribution is -2.45. The molecule has 8 heteroatoms. The van der Waals surface area contributed by atoms with Crippen LogP contribution in [-0.2, 0) is 22.6 Å². The Morgan fingerprint density at radius 2 is 1.82 bits per heavy atom. The Kier molecular flexibility index (Phi) is 7.25. The number of hydrogen-bond acceptors (Lipinski definition) is 5. The van der Waals surface area contributed by atoms with Crippen LogP contribution >= 0.6 is 0 Å². The average molecular weight is 521 g/mol. The predicted molar refractivity (Wildman–Crippen MR) is 139 cm³/mol. The molecular weight excluding hydrogens is 487 g/mol. The molecule has 0 aliphatic carbocycles. The van der Waals surface area contributed by atoms with Gasteiger partial charge >= 0.3 is 0 Å². The first-order valence-electron chi connectivity index (χ1n) is 13.0. The largest absolute Gasteiger partial charge is 0.486 e. The number of hydrogen-bond donors (Lipinski definition) is 0. The molecule has 1 saturated heterocycles. The molecule has 3 heterocycles. The van der Waals surface area contributed by atoms with Crippen molar-refractivity contribution in [2.75, 3.05) is 32.8 Å². The van der Waals surface area contributed by atoms with E-state index in [1.165, 1.54) is 12.1 Å². The summed E-state index contributed by atoms with van der Waals surface area (Å²) in [4.78, 5) is 29.7. The van der Waals surface area contributed by atoms with E-state index in [1.54, 1.807) is 23.1 Å². The van der Waals surface area contributed by atoms with Crippen molar-refractivity contribution in [2.45, 2.75) is 39.8 Å². The number of carbonyl (C=O) groups is 2. The third-order valence-corrected chi connectivity index (χ3v) is 6.96. The van der Waals surface area contributed by atoms with Crippen LogP contribution in [0.1, 0.15) is 59.8 Å². The molecule has 1 aromatic heterocycles. The van der Waals surface area contributed by atoms with Gasteiger partial charge in [-0.25, -0.2) is 4.39 Å². The molecule has 0 spiro atoms. The number of carbonyl (C=O) groups excluding carboxylic acids is 2. The van der Waals surface area contributed by atoms with Gasteiger partial charge in [0, 0.05) is 25.0 Å². The topological polar surface area (TPSA) is 72.2 Å². The SMILES string of the molecule is CC(C)(C)C(=O)N1CCc2ccc(OCc3ccc(C(=O)N4CCOCC4)o3)cc2[C@@H]1c1cccc(F)c1. The van der Waals surface area contributed by atoms with Gasteiger partial charge in [-0.05, 0) is 59.5 Å². The first-order chi connectivity index (χ1) is 18.2. The zero-order chi connectivity index (χ0) is 26.9. The van der Waals surface area contributed by atoms with Crippen LogP contribution in [0.2, 0.25) is 0 Å². The maximum Gasteiger partial charge on any atom is 0.289 e. The summed E-state index contributed by atoms with van der Waals surface area (Å²) in [6.07, 6.45) is 0.703. The minimum absolute atomic E-state index is 0.0109. The van der Waals surface area contributed by atoms with Gasteiger partial charge in [-0.2, -0.15) is 0 Å². The molecule has 2 aliphatic rings. The third kappa shape index (κ3) is 5.45. The highest BCUT2D eigenvalue weighted by molar-refractivity contribution is 5.91. The maximum absolute atomic E-state index is 14.3. The van der Waals surface area contributed by atoms with Crippen LogP contribution in [0.15, 0.2) is 59.0 Å². The fourth-order valence-corrected chi connectivity index (χ4v) is 5.02. The van der Waals surface area contributed by atoms with E-state index in [1.807, 2.05) is 49.9 Å². The monoisotopic (exact) mass is 520 g/mol. The maximum atomic E-state index is 14.3. The lowest BCUT2D eigenvalue weighted by molar-refractivity contribution is -0.141. The van der Waals surface area contributed by atoms with Crippen molar-refractivity contribution in [3.63, 3.8) is 0 Å². The molecule has 2 amide bonds. The number of ether oxygens (including phenoxy) is 2. The fourth-order valence-electron chi connectivity index (χ4n) is 5.02. The normalized spacial score (nSPS) is 17.7. The molecule has 0 N–H and O–H groups in total. The summed E-state index contributed by atoms with van der Waals surface area (Å²) in [5, 5.41) is 0. The van der Waals surface area contributed by atoms with Crippen LogP contribution in [-0.4, -0.2) is 54.5 Å². The highest BCUT2D eigenvalue weighted by atomic mass is 19.1. The number of rotatable bonds is 5. The van der Waals surface area contributed by atoms with Crippen molar-refractivity contribution >= 4 is 11.8 Å².